The van der Waals surface area contributed by atoms with Crippen LogP contribution in [0.2, 0.25) is 0 Å². The van der Waals surface area contributed by atoms with Crippen LogP contribution in [0, 0.1) is 11.8 Å². The Kier molecular flexibility index (Phi) is 5.60. The fourth-order valence-corrected chi connectivity index (χ4v) is 2.32. The second kappa shape index (κ2) is 6.75. The van der Waals surface area contributed by atoms with Crippen molar-refractivity contribution >= 4 is 12.0 Å². The zero-order valence-electron chi connectivity index (χ0n) is 12.1. The molecule has 6 nitrogen and oxygen atoms in total. The molecule has 1 rings (SSSR count). The van der Waals surface area contributed by atoms with Crippen molar-refractivity contribution in [1.29, 1.82) is 0 Å². The minimum absolute atomic E-state index is 0.156. The second-order valence-corrected chi connectivity index (χ2v) is 5.67. The summed E-state index contributed by atoms with van der Waals surface area (Å²) >= 11 is 0. The average molecular weight is 271 g/mol. The maximum atomic E-state index is 11.8. The van der Waals surface area contributed by atoms with Gasteiger partial charge in [-0.15, -0.1) is 0 Å². The van der Waals surface area contributed by atoms with E-state index in [0.717, 1.165) is 19.5 Å². The van der Waals surface area contributed by atoms with E-state index < -0.39 is 11.9 Å². The standard InChI is InChI=1S/C13H25N3O3/c1-8-7-16(4)6-5-11(8)15-13(19)14-10(3)9(2)12(17)18/h8-11H,5-7H2,1-4H3,(H,17,18)(H2,14,15,19). The number of aliphatic carboxylic acids is 1. The van der Waals surface area contributed by atoms with Crippen molar-refractivity contribution < 1.29 is 14.7 Å². The number of carboxylic acid groups (broad SMARTS) is 1. The van der Waals surface area contributed by atoms with Gasteiger partial charge in [-0.1, -0.05) is 6.92 Å². The fraction of sp³-hybridized carbons (Fsp3) is 0.846. The molecule has 0 spiro atoms. The van der Waals surface area contributed by atoms with Gasteiger partial charge in [0.05, 0.1) is 5.92 Å². The van der Waals surface area contributed by atoms with Crippen molar-refractivity contribution in [3.8, 4) is 0 Å². The highest BCUT2D eigenvalue weighted by Gasteiger charge is 2.27. The number of urea groups is 1. The third-order valence-electron chi connectivity index (χ3n) is 3.92. The molecule has 19 heavy (non-hydrogen) atoms. The molecule has 0 aliphatic carbocycles. The van der Waals surface area contributed by atoms with Crippen molar-refractivity contribution in [2.45, 2.75) is 39.3 Å². The topological polar surface area (TPSA) is 81.7 Å². The number of hydrogen-bond donors (Lipinski definition) is 3. The molecule has 3 N–H and O–H groups in total. The number of carbonyl (C=O) groups is 2. The first-order chi connectivity index (χ1) is 8.81. The summed E-state index contributed by atoms with van der Waals surface area (Å²) in [7, 11) is 2.07. The summed E-state index contributed by atoms with van der Waals surface area (Å²) < 4.78 is 0. The van der Waals surface area contributed by atoms with Gasteiger partial charge in [0.25, 0.3) is 0 Å². The van der Waals surface area contributed by atoms with Crippen LogP contribution in [0.5, 0.6) is 0 Å². The zero-order valence-corrected chi connectivity index (χ0v) is 12.1. The van der Waals surface area contributed by atoms with Crippen LogP contribution in [-0.2, 0) is 4.79 Å². The number of nitrogens with one attached hydrogen (secondary N) is 2. The molecular formula is C13H25N3O3. The number of likely N-dealkylation sites (tertiary alicyclic amines) is 1. The van der Waals surface area contributed by atoms with Crippen LogP contribution < -0.4 is 10.6 Å². The minimum atomic E-state index is -0.902. The van der Waals surface area contributed by atoms with Crippen LogP contribution in [0.25, 0.3) is 0 Å². The molecule has 1 saturated heterocycles. The molecular weight excluding hydrogens is 246 g/mol. The zero-order chi connectivity index (χ0) is 14.6. The predicted molar refractivity (Wildman–Crippen MR) is 73.0 cm³/mol. The molecule has 1 aliphatic rings. The van der Waals surface area contributed by atoms with E-state index in [1.165, 1.54) is 0 Å². The van der Waals surface area contributed by atoms with Gasteiger partial charge in [-0.2, -0.15) is 0 Å². The SMILES string of the molecule is CC1CN(C)CCC1NC(=O)NC(C)C(C)C(=O)O. The molecule has 110 valence electrons. The Morgan fingerprint density at radius 2 is 2.00 bits per heavy atom. The van der Waals surface area contributed by atoms with Gasteiger partial charge in [-0.05, 0) is 39.8 Å². The van der Waals surface area contributed by atoms with Crippen LogP contribution in [0.15, 0.2) is 0 Å². The Morgan fingerprint density at radius 3 is 2.53 bits per heavy atom. The first kappa shape index (κ1) is 15.8. The van der Waals surface area contributed by atoms with E-state index in [2.05, 4.69) is 29.5 Å². The molecule has 0 aromatic rings. The Balaban J connectivity index is 2.41. The molecule has 4 unspecified atom stereocenters. The number of amides is 2. The van der Waals surface area contributed by atoms with Crippen LogP contribution in [0.1, 0.15) is 27.2 Å². The number of piperidine rings is 1. The Morgan fingerprint density at radius 1 is 1.37 bits per heavy atom. The first-order valence-corrected chi connectivity index (χ1v) is 6.79. The maximum Gasteiger partial charge on any atom is 0.315 e. The average Bonchev–Trinajstić information content (AvgIpc) is 2.31. The molecule has 1 fully saturated rings. The van der Waals surface area contributed by atoms with Gasteiger partial charge in [0.2, 0.25) is 0 Å². The van der Waals surface area contributed by atoms with Gasteiger partial charge in [-0.25, -0.2) is 4.79 Å². The van der Waals surface area contributed by atoms with E-state index in [-0.39, 0.29) is 18.1 Å². The van der Waals surface area contributed by atoms with E-state index in [4.69, 9.17) is 5.11 Å². The minimum Gasteiger partial charge on any atom is -0.481 e. The summed E-state index contributed by atoms with van der Waals surface area (Å²) in [6.07, 6.45) is 0.925. The molecule has 0 saturated carbocycles. The van der Waals surface area contributed by atoms with E-state index in [1.807, 2.05) is 0 Å². The highest BCUT2D eigenvalue weighted by molar-refractivity contribution is 5.76. The van der Waals surface area contributed by atoms with Crippen LogP contribution in [0.4, 0.5) is 4.79 Å². The van der Waals surface area contributed by atoms with E-state index in [1.54, 1.807) is 13.8 Å². The Labute approximate surface area is 114 Å². The third-order valence-corrected chi connectivity index (χ3v) is 3.92. The van der Waals surface area contributed by atoms with Gasteiger partial charge >= 0.3 is 12.0 Å². The van der Waals surface area contributed by atoms with Crippen LogP contribution in [0.3, 0.4) is 0 Å². The number of carbonyl (C=O) groups excluding carboxylic acids is 1. The number of hydrogen-bond acceptors (Lipinski definition) is 3. The molecule has 0 radical (unpaired) electrons. The lowest BCUT2D eigenvalue weighted by Crippen LogP contribution is -2.53. The predicted octanol–water partition coefficient (Wildman–Crippen LogP) is 0.735. The molecule has 0 aromatic carbocycles. The van der Waals surface area contributed by atoms with Crippen molar-refractivity contribution in [2.24, 2.45) is 11.8 Å². The smallest absolute Gasteiger partial charge is 0.315 e. The number of nitrogens with zero attached hydrogens (tertiary/aromatic N) is 1. The van der Waals surface area contributed by atoms with Crippen LogP contribution in [-0.4, -0.2) is 54.2 Å². The first-order valence-electron chi connectivity index (χ1n) is 6.79. The summed E-state index contributed by atoms with van der Waals surface area (Å²) in [6, 6.07) is -0.510. The Hall–Kier alpha value is -1.30. The Bertz CT molecular complexity index is 335. The molecule has 1 aliphatic heterocycles. The summed E-state index contributed by atoms with van der Waals surface area (Å²) in [5, 5.41) is 14.5. The normalized spacial score (nSPS) is 27.4. The molecule has 0 bridgehead atoms. The summed E-state index contributed by atoms with van der Waals surface area (Å²) in [5.41, 5.74) is 0. The molecule has 1 heterocycles. The fourth-order valence-electron chi connectivity index (χ4n) is 2.32. The van der Waals surface area contributed by atoms with Gasteiger partial charge < -0.3 is 20.6 Å². The van der Waals surface area contributed by atoms with E-state index >= 15 is 0 Å². The van der Waals surface area contributed by atoms with Crippen molar-refractivity contribution in [2.75, 3.05) is 20.1 Å². The lowest BCUT2D eigenvalue weighted by atomic mass is 9.94. The second-order valence-electron chi connectivity index (χ2n) is 5.67. The molecule has 2 amide bonds. The lowest BCUT2D eigenvalue weighted by Gasteiger charge is -2.35. The number of rotatable bonds is 4. The maximum absolute atomic E-state index is 11.8. The van der Waals surface area contributed by atoms with Crippen molar-refractivity contribution in [3.63, 3.8) is 0 Å². The van der Waals surface area contributed by atoms with Crippen molar-refractivity contribution in [3.05, 3.63) is 0 Å². The van der Waals surface area contributed by atoms with Gasteiger partial charge in [0, 0.05) is 18.6 Å². The summed E-state index contributed by atoms with van der Waals surface area (Å²) in [5.74, 6) is -1.10. The molecule has 4 atom stereocenters. The van der Waals surface area contributed by atoms with Gasteiger partial charge in [-0.3, -0.25) is 4.79 Å². The van der Waals surface area contributed by atoms with E-state index in [9.17, 15) is 9.59 Å². The largest absolute Gasteiger partial charge is 0.481 e. The highest BCUT2D eigenvalue weighted by atomic mass is 16.4. The third kappa shape index (κ3) is 4.70. The lowest BCUT2D eigenvalue weighted by molar-refractivity contribution is -0.141. The summed E-state index contributed by atoms with van der Waals surface area (Å²) in [4.78, 5) is 24.9. The van der Waals surface area contributed by atoms with Crippen LogP contribution >= 0.6 is 0 Å². The van der Waals surface area contributed by atoms with Crippen molar-refractivity contribution in [1.82, 2.24) is 15.5 Å². The van der Waals surface area contributed by atoms with Gasteiger partial charge in [0.1, 0.15) is 0 Å². The monoisotopic (exact) mass is 271 g/mol. The van der Waals surface area contributed by atoms with Gasteiger partial charge in [0.15, 0.2) is 0 Å². The molecule has 6 heteroatoms. The quantitative estimate of drug-likeness (QED) is 0.704. The number of carboxylic acids is 1. The van der Waals surface area contributed by atoms with E-state index in [0.29, 0.717) is 5.92 Å². The summed E-state index contributed by atoms with van der Waals surface area (Å²) in [6.45, 7) is 7.34. The molecule has 0 aromatic heterocycles. The highest BCUT2D eigenvalue weighted by Crippen LogP contribution is 2.15.